The van der Waals surface area contributed by atoms with Crippen LogP contribution in [-0.4, -0.2) is 14.5 Å². The molecule has 0 bridgehead atoms. The molecule has 0 amide bonds. The maximum atomic E-state index is 5.49. The minimum Gasteiger partial charge on any atom is -0.451 e. The first-order valence-corrected chi connectivity index (χ1v) is 7.43. The van der Waals surface area contributed by atoms with Gasteiger partial charge in [-0.1, -0.05) is 0 Å². The van der Waals surface area contributed by atoms with Crippen LogP contribution >= 0.6 is 31.9 Å². The van der Waals surface area contributed by atoms with Crippen LogP contribution in [0.5, 0.6) is 0 Å². The topological polar surface area (TPSA) is 55.9 Å². The summed E-state index contributed by atoms with van der Waals surface area (Å²) in [6, 6.07) is 5.82. The quantitative estimate of drug-likeness (QED) is 0.722. The third-order valence-corrected chi connectivity index (χ3v) is 4.39. The number of pyridine rings is 1. The number of nitrogens with one attached hydrogen (secondary N) is 1. The Bertz CT molecular complexity index is 672. The molecule has 0 aliphatic heterocycles. The summed E-state index contributed by atoms with van der Waals surface area (Å²) >= 11 is 6.70. The second kappa shape index (κ2) is 5.80. The number of anilines is 1. The van der Waals surface area contributed by atoms with Crippen molar-refractivity contribution in [1.82, 2.24) is 14.5 Å². The van der Waals surface area contributed by atoms with E-state index in [2.05, 4.69) is 47.1 Å². The molecule has 0 spiro atoms. The van der Waals surface area contributed by atoms with Gasteiger partial charge in [0.15, 0.2) is 4.67 Å². The zero-order valence-electron chi connectivity index (χ0n) is 10.3. The average Bonchev–Trinajstić information content (AvgIpc) is 3.08. The number of furan rings is 1. The minimum atomic E-state index is 0.594. The molecule has 3 heterocycles. The van der Waals surface area contributed by atoms with E-state index in [1.165, 1.54) is 0 Å². The Morgan fingerprint density at radius 1 is 1.30 bits per heavy atom. The van der Waals surface area contributed by atoms with Crippen molar-refractivity contribution in [1.29, 1.82) is 0 Å². The van der Waals surface area contributed by atoms with E-state index >= 15 is 0 Å². The van der Waals surface area contributed by atoms with E-state index in [-0.39, 0.29) is 0 Å². The van der Waals surface area contributed by atoms with Crippen LogP contribution in [0.25, 0.3) is 5.82 Å². The lowest BCUT2D eigenvalue weighted by atomic mass is 10.3. The van der Waals surface area contributed by atoms with Gasteiger partial charge in [0.2, 0.25) is 0 Å². The van der Waals surface area contributed by atoms with Crippen LogP contribution in [0.3, 0.4) is 0 Å². The maximum Gasteiger partial charge on any atom is 0.183 e. The Morgan fingerprint density at radius 2 is 2.20 bits per heavy atom. The number of nitrogens with zero attached hydrogens (tertiary/aromatic N) is 3. The molecule has 3 rings (SSSR count). The van der Waals surface area contributed by atoms with Crippen molar-refractivity contribution in [2.75, 3.05) is 5.32 Å². The highest BCUT2D eigenvalue weighted by Gasteiger charge is 2.05. The van der Waals surface area contributed by atoms with Gasteiger partial charge in [-0.2, -0.15) is 0 Å². The van der Waals surface area contributed by atoms with E-state index in [0.29, 0.717) is 11.2 Å². The number of rotatable bonds is 4. The molecule has 0 saturated carbocycles. The van der Waals surface area contributed by atoms with E-state index in [1.807, 2.05) is 29.0 Å². The number of halogens is 2. The molecule has 5 nitrogen and oxygen atoms in total. The number of hydrogen-bond donors (Lipinski definition) is 1. The summed E-state index contributed by atoms with van der Waals surface area (Å²) in [6.07, 6.45) is 7.07. The molecule has 0 unspecified atom stereocenters. The summed E-state index contributed by atoms with van der Waals surface area (Å²) in [5.74, 6) is 1.67. The highest BCUT2D eigenvalue weighted by Crippen LogP contribution is 2.27. The molecule has 0 radical (unpaired) electrons. The Hall–Kier alpha value is -1.60. The zero-order valence-corrected chi connectivity index (χ0v) is 13.4. The van der Waals surface area contributed by atoms with Gasteiger partial charge >= 0.3 is 0 Å². The van der Waals surface area contributed by atoms with Crippen LogP contribution in [0.1, 0.15) is 5.76 Å². The molecular weight excluding hydrogens is 388 g/mol. The maximum absolute atomic E-state index is 5.49. The Kier molecular flexibility index (Phi) is 3.88. The third-order valence-electron chi connectivity index (χ3n) is 2.68. The van der Waals surface area contributed by atoms with Crippen LogP contribution in [0.4, 0.5) is 5.69 Å². The first-order chi connectivity index (χ1) is 9.72. The van der Waals surface area contributed by atoms with Crippen LogP contribution in [-0.2, 0) is 6.54 Å². The van der Waals surface area contributed by atoms with Crippen molar-refractivity contribution in [3.05, 3.63) is 58.0 Å². The smallest absolute Gasteiger partial charge is 0.183 e. The lowest BCUT2D eigenvalue weighted by molar-refractivity contribution is 0.494. The third kappa shape index (κ3) is 2.94. The molecule has 3 aromatic rings. The highest BCUT2D eigenvalue weighted by atomic mass is 79.9. The summed E-state index contributed by atoms with van der Waals surface area (Å²) in [5.41, 5.74) is 0.928. The Balaban J connectivity index is 1.66. The molecule has 20 heavy (non-hydrogen) atoms. The van der Waals surface area contributed by atoms with Gasteiger partial charge in [-0.25, -0.2) is 9.97 Å². The highest BCUT2D eigenvalue weighted by molar-refractivity contribution is 9.13. The van der Waals surface area contributed by atoms with Gasteiger partial charge in [0.25, 0.3) is 0 Å². The van der Waals surface area contributed by atoms with Crippen molar-refractivity contribution in [2.24, 2.45) is 0 Å². The summed E-state index contributed by atoms with van der Waals surface area (Å²) in [5, 5.41) is 3.25. The molecule has 0 aromatic carbocycles. The van der Waals surface area contributed by atoms with Gasteiger partial charge in [-0.05, 0) is 50.1 Å². The number of hydrogen-bond acceptors (Lipinski definition) is 4. The summed E-state index contributed by atoms with van der Waals surface area (Å²) in [4.78, 5) is 8.36. The molecular formula is C13H10Br2N4O. The summed E-state index contributed by atoms with van der Waals surface area (Å²) < 4.78 is 8.95. The van der Waals surface area contributed by atoms with Crippen LogP contribution in [0.15, 0.2) is 56.7 Å². The van der Waals surface area contributed by atoms with E-state index in [4.69, 9.17) is 4.42 Å². The normalized spacial score (nSPS) is 10.7. The van der Waals surface area contributed by atoms with Crippen molar-refractivity contribution >= 4 is 37.5 Å². The Morgan fingerprint density at radius 3 is 2.80 bits per heavy atom. The molecule has 0 atom stereocenters. The first kappa shape index (κ1) is 13.4. The van der Waals surface area contributed by atoms with Crippen molar-refractivity contribution < 1.29 is 4.42 Å². The van der Waals surface area contributed by atoms with Gasteiger partial charge in [0.05, 0.1) is 22.9 Å². The van der Waals surface area contributed by atoms with Crippen LogP contribution in [0, 0.1) is 0 Å². The first-order valence-electron chi connectivity index (χ1n) is 5.84. The van der Waals surface area contributed by atoms with E-state index < -0.39 is 0 Å². The van der Waals surface area contributed by atoms with Gasteiger partial charge in [-0.3, -0.25) is 4.57 Å². The molecule has 0 fully saturated rings. The van der Waals surface area contributed by atoms with Crippen molar-refractivity contribution in [3.8, 4) is 5.82 Å². The fourth-order valence-corrected chi connectivity index (χ4v) is 2.36. The minimum absolute atomic E-state index is 0.594. The predicted octanol–water partition coefficient (Wildman–Crippen LogP) is 4.00. The SMILES string of the molecule is Brc1cc(CNc2ccc(-n3ccnc3)nc2)oc1Br. The molecule has 7 heteroatoms. The lowest BCUT2D eigenvalue weighted by Gasteiger charge is -2.05. The molecule has 0 aliphatic rings. The van der Waals surface area contributed by atoms with E-state index in [1.54, 1.807) is 18.7 Å². The molecule has 102 valence electrons. The van der Waals surface area contributed by atoms with Crippen molar-refractivity contribution in [2.45, 2.75) is 6.54 Å². The molecule has 3 aromatic heterocycles. The summed E-state index contributed by atoms with van der Waals surface area (Å²) in [7, 11) is 0. The molecule has 0 aliphatic carbocycles. The van der Waals surface area contributed by atoms with E-state index in [9.17, 15) is 0 Å². The second-order valence-electron chi connectivity index (χ2n) is 4.06. The zero-order chi connectivity index (χ0) is 13.9. The van der Waals surface area contributed by atoms with Gasteiger partial charge in [0, 0.05) is 12.4 Å². The van der Waals surface area contributed by atoms with Gasteiger partial charge in [-0.15, -0.1) is 0 Å². The second-order valence-corrected chi connectivity index (χ2v) is 5.64. The Labute approximate surface area is 132 Å². The van der Waals surface area contributed by atoms with Gasteiger partial charge in [0.1, 0.15) is 17.9 Å². The largest absolute Gasteiger partial charge is 0.451 e. The fraction of sp³-hybridized carbons (Fsp3) is 0.0769. The molecule has 0 saturated heterocycles. The number of imidazole rings is 1. The van der Waals surface area contributed by atoms with E-state index in [0.717, 1.165) is 21.7 Å². The predicted molar refractivity (Wildman–Crippen MR) is 82.8 cm³/mol. The van der Waals surface area contributed by atoms with Crippen LogP contribution < -0.4 is 5.32 Å². The average molecular weight is 398 g/mol. The van der Waals surface area contributed by atoms with Gasteiger partial charge < -0.3 is 9.73 Å². The van der Waals surface area contributed by atoms with Crippen molar-refractivity contribution in [3.63, 3.8) is 0 Å². The number of aromatic nitrogens is 3. The molecule has 1 N–H and O–H groups in total. The lowest BCUT2D eigenvalue weighted by Crippen LogP contribution is -2.00. The monoisotopic (exact) mass is 396 g/mol. The van der Waals surface area contributed by atoms with Crippen LogP contribution in [0.2, 0.25) is 0 Å². The standard InChI is InChI=1S/C13H10Br2N4O/c14-11-5-10(20-13(11)15)7-17-9-1-2-12(18-6-9)19-4-3-16-8-19/h1-6,8,17H,7H2. The fourth-order valence-electron chi connectivity index (χ4n) is 1.71. The summed E-state index contributed by atoms with van der Waals surface area (Å²) in [6.45, 7) is 0.594.